The molecule has 2 aromatic heterocycles. The van der Waals surface area contributed by atoms with Crippen molar-refractivity contribution < 1.29 is 0 Å². The maximum atomic E-state index is 4.79. The van der Waals surface area contributed by atoms with Gasteiger partial charge in [0.2, 0.25) is 0 Å². The average molecular weight is 342 g/mol. The average Bonchev–Trinajstić information content (AvgIpc) is 2.99. The molecule has 0 aliphatic heterocycles. The number of rotatable bonds is 4. The summed E-state index contributed by atoms with van der Waals surface area (Å²) in [6, 6.07) is 0. The van der Waals surface area contributed by atoms with E-state index in [1.807, 2.05) is 0 Å². The normalized spacial score (nSPS) is 17.2. The Morgan fingerprint density at radius 3 is 2.95 bits per heavy atom. The van der Waals surface area contributed by atoms with E-state index in [-0.39, 0.29) is 0 Å². The topological polar surface area (TPSA) is 20.5 Å². The van der Waals surface area contributed by atoms with Crippen LogP contribution in [0.4, 0.5) is 5.82 Å². The Kier molecular flexibility index (Phi) is 4.12. The number of aromatic nitrogens is 2. The number of hydrogen-bond donors (Lipinski definition) is 0. The second-order valence-corrected chi connectivity index (χ2v) is 6.89. The highest BCUT2D eigenvalue weighted by molar-refractivity contribution is 9.08. The second-order valence-electron chi connectivity index (χ2n) is 5.46. The predicted molar refractivity (Wildman–Crippen MR) is 85.5 cm³/mol. The van der Waals surface area contributed by atoms with Gasteiger partial charge in [0.25, 0.3) is 0 Å². The number of thiazole rings is 1. The van der Waals surface area contributed by atoms with Gasteiger partial charge in [-0.05, 0) is 18.8 Å². The molecule has 5 heteroatoms. The third kappa shape index (κ3) is 2.68. The molecule has 0 aromatic carbocycles. The van der Waals surface area contributed by atoms with Gasteiger partial charge in [0.15, 0.2) is 10.8 Å². The van der Waals surface area contributed by atoms with Gasteiger partial charge >= 0.3 is 0 Å². The molecule has 0 radical (unpaired) electrons. The van der Waals surface area contributed by atoms with E-state index < -0.39 is 0 Å². The van der Waals surface area contributed by atoms with Crippen molar-refractivity contribution in [3.8, 4) is 0 Å². The molecule has 0 spiro atoms. The summed E-state index contributed by atoms with van der Waals surface area (Å²) in [6.07, 6.45) is 9.12. The summed E-state index contributed by atoms with van der Waals surface area (Å²) in [7, 11) is 2.19. The molecule has 1 fully saturated rings. The summed E-state index contributed by atoms with van der Waals surface area (Å²) in [4.78, 5) is 8.24. The van der Waals surface area contributed by atoms with Gasteiger partial charge in [-0.25, -0.2) is 4.98 Å². The molecule has 0 amide bonds. The molecule has 0 saturated heterocycles. The Balaban J connectivity index is 1.79. The minimum Gasteiger partial charge on any atom is -0.358 e. The fourth-order valence-electron chi connectivity index (χ4n) is 3.09. The fraction of sp³-hybridized carbons (Fsp3) is 0.643. The third-order valence-corrected chi connectivity index (χ3v) is 5.37. The van der Waals surface area contributed by atoms with E-state index in [0.717, 1.165) is 28.6 Å². The molecule has 0 bridgehead atoms. The molecule has 0 N–H and O–H groups in total. The molecular weight excluding hydrogens is 322 g/mol. The Morgan fingerprint density at radius 2 is 2.21 bits per heavy atom. The molecule has 2 aromatic rings. The molecule has 3 nitrogen and oxygen atoms in total. The second kappa shape index (κ2) is 5.83. The Bertz CT molecular complexity index is 542. The Hall–Kier alpha value is -0.550. The summed E-state index contributed by atoms with van der Waals surface area (Å²) in [5, 5.41) is 2.95. The van der Waals surface area contributed by atoms with Gasteiger partial charge in [-0.1, -0.05) is 35.2 Å². The van der Waals surface area contributed by atoms with Gasteiger partial charge in [-0.3, -0.25) is 4.40 Å². The number of imidazole rings is 1. The number of fused-ring (bicyclic) bond motifs is 1. The van der Waals surface area contributed by atoms with Crippen LogP contribution in [0.2, 0.25) is 0 Å². The smallest absolute Gasteiger partial charge is 0.195 e. The van der Waals surface area contributed by atoms with Crippen LogP contribution in [0, 0.1) is 5.92 Å². The minimum absolute atomic E-state index is 0.849. The van der Waals surface area contributed by atoms with Gasteiger partial charge in [0.1, 0.15) is 0 Å². The summed E-state index contributed by atoms with van der Waals surface area (Å²) in [5.41, 5.74) is 1.27. The molecule has 2 heterocycles. The first kappa shape index (κ1) is 13.4. The van der Waals surface area contributed by atoms with Crippen molar-refractivity contribution in [2.45, 2.75) is 37.4 Å². The lowest BCUT2D eigenvalue weighted by molar-refractivity contribution is 0.361. The SMILES string of the molecule is CN(CC1CCCCC1)c1nc2sccn2c1CBr. The van der Waals surface area contributed by atoms with Gasteiger partial charge in [0.05, 0.1) is 5.69 Å². The third-order valence-electron chi connectivity index (χ3n) is 4.08. The summed E-state index contributed by atoms with van der Waals surface area (Å²) < 4.78 is 2.20. The van der Waals surface area contributed by atoms with E-state index in [0.29, 0.717) is 0 Å². The van der Waals surface area contributed by atoms with E-state index in [1.165, 1.54) is 37.8 Å². The Labute approximate surface area is 126 Å². The van der Waals surface area contributed by atoms with Crippen LogP contribution in [0.3, 0.4) is 0 Å². The van der Waals surface area contributed by atoms with Crippen molar-refractivity contribution in [1.29, 1.82) is 0 Å². The standard InChI is InChI=1S/C14H20BrN3S/c1-17(10-11-5-3-2-4-6-11)13-12(9-15)18-7-8-19-14(18)16-13/h7-8,11H,2-6,9-10H2,1H3. The Morgan fingerprint density at radius 1 is 1.42 bits per heavy atom. The van der Waals surface area contributed by atoms with Crippen LogP contribution >= 0.6 is 27.3 Å². The fourth-order valence-corrected chi connectivity index (χ4v) is 4.34. The highest BCUT2D eigenvalue weighted by Crippen LogP contribution is 2.29. The van der Waals surface area contributed by atoms with Crippen LogP contribution in [0.25, 0.3) is 4.96 Å². The van der Waals surface area contributed by atoms with Crippen LogP contribution < -0.4 is 4.90 Å². The van der Waals surface area contributed by atoms with Crippen molar-refractivity contribution >= 4 is 38.0 Å². The number of nitrogens with zero attached hydrogens (tertiary/aromatic N) is 3. The maximum absolute atomic E-state index is 4.79. The lowest BCUT2D eigenvalue weighted by Gasteiger charge is -2.27. The van der Waals surface area contributed by atoms with Crippen LogP contribution in [0.15, 0.2) is 11.6 Å². The molecule has 104 valence electrons. The molecule has 1 saturated carbocycles. The molecule has 1 aliphatic rings. The summed E-state index contributed by atoms with van der Waals surface area (Å²) in [5.74, 6) is 2.00. The van der Waals surface area contributed by atoms with E-state index in [2.05, 4.69) is 43.9 Å². The molecule has 0 unspecified atom stereocenters. The lowest BCUT2D eigenvalue weighted by atomic mass is 9.89. The molecular formula is C14H20BrN3S. The van der Waals surface area contributed by atoms with Crippen molar-refractivity contribution in [2.75, 3.05) is 18.5 Å². The number of alkyl halides is 1. The first-order valence-corrected chi connectivity index (χ1v) is 9.01. The highest BCUT2D eigenvalue weighted by Gasteiger charge is 2.20. The minimum atomic E-state index is 0.849. The van der Waals surface area contributed by atoms with Crippen LogP contribution in [-0.4, -0.2) is 23.0 Å². The van der Waals surface area contributed by atoms with E-state index in [9.17, 15) is 0 Å². The number of anilines is 1. The van der Waals surface area contributed by atoms with E-state index in [4.69, 9.17) is 4.98 Å². The van der Waals surface area contributed by atoms with Crippen molar-refractivity contribution in [3.63, 3.8) is 0 Å². The maximum Gasteiger partial charge on any atom is 0.195 e. The summed E-state index contributed by atoms with van der Waals surface area (Å²) >= 11 is 5.31. The number of hydrogen-bond acceptors (Lipinski definition) is 3. The zero-order chi connectivity index (χ0) is 13.2. The molecule has 0 atom stereocenters. The first-order chi connectivity index (χ1) is 9.29. The quantitative estimate of drug-likeness (QED) is 0.772. The first-order valence-electron chi connectivity index (χ1n) is 7.01. The van der Waals surface area contributed by atoms with Gasteiger partial charge < -0.3 is 4.90 Å². The molecule has 19 heavy (non-hydrogen) atoms. The lowest BCUT2D eigenvalue weighted by Crippen LogP contribution is -2.27. The zero-order valence-electron chi connectivity index (χ0n) is 11.3. The van der Waals surface area contributed by atoms with E-state index >= 15 is 0 Å². The summed E-state index contributed by atoms with van der Waals surface area (Å²) in [6.45, 7) is 1.14. The van der Waals surface area contributed by atoms with Crippen molar-refractivity contribution in [3.05, 3.63) is 17.3 Å². The van der Waals surface area contributed by atoms with Gasteiger partial charge in [-0.2, -0.15) is 0 Å². The monoisotopic (exact) mass is 341 g/mol. The number of halogens is 1. The van der Waals surface area contributed by atoms with Crippen LogP contribution in [0.5, 0.6) is 0 Å². The molecule has 1 aliphatic carbocycles. The van der Waals surface area contributed by atoms with Crippen molar-refractivity contribution in [1.82, 2.24) is 9.38 Å². The van der Waals surface area contributed by atoms with Crippen LogP contribution in [0.1, 0.15) is 37.8 Å². The van der Waals surface area contributed by atoms with Crippen molar-refractivity contribution in [2.24, 2.45) is 5.92 Å². The van der Waals surface area contributed by atoms with Gasteiger partial charge in [0, 0.05) is 30.5 Å². The van der Waals surface area contributed by atoms with Gasteiger partial charge in [-0.15, -0.1) is 11.3 Å². The largest absolute Gasteiger partial charge is 0.358 e. The zero-order valence-corrected chi connectivity index (χ0v) is 13.7. The van der Waals surface area contributed by atoms with Crippen LogP contribution in [-0.2, 0) is 5.33 Å². The predicted octanol–water partition coefficient (Wildman–Crippen LogP) is 4.31. The molecule has 3 rings (SSSR count). The van der Waals surface area contributed by atoms with E-state index in [1.54, 1.807) is 11.3 Å². The highest BCUT2D eigenvalue weighted by atomic mass is 79.9.